The maximum Gasteiger partial charge on any atom is 0.140 e. The van der Waals surface area contributed by atoms with Gasteiger partial charge in [0.25, 0.3) is 0 Å². The fourth-order valence-electron chi connectivity index (χ4n) is 4.43. The second-order valence-corrected chi connectivity index (χ2v) is 9.72. The standard InChI is InChI=1S/C27H27NO/c1-16(2)19-12-18-10-11-28-25-21-13-17-8-6-7-9-20(17)22(15-27(3,4)5)26(21)29-23(14-19)24(18)25/h6-14,16H,15H2,1-5H3. The van der Waals surface area contributed by atoms with Crippen LogP contribution in [0.15, 0.2) is 54.7 Å². The van der Waals surface area contributed by atoms with Gasteiger partial charge in [-0.25, -0.2) is 0 Å². The summed E-state index contributed by atoms with van der Waals surface area (Å²) in [5.74, 6) is 2.36. The Hall–Kier alpha value is -2.87. The fourth-order valence-corrected chi connectivity index (χ4v) is 4.43. The predicted octanol–water partition coefficient (Wildman–Crippen LogP) is 7.87. The molecule has 0 amide bonds. The number of ether oxygens (including phenoxy) is 1. The Labute approximate surface area is 172 Å². The van der Waals surface area contributed by atoms with Crippen molar-refractivity contribution in [3.63, 3.8) is 0 Å². The second kappa shape index (κ2) is 6.32. The van der Waals surface area contributed by atoms with Gasteiger partial charge < -0.3 is 4.74 Å². The van der Waals surface area contributed by atoms with Crippen molar-refractivity contribution in [2.75, 3.05) is 0 Å². The molecule has 0 fully saturated rings. The molecule has 2 heteroatoms. The van der Waals surface area contributed by atoms with Crippen LogP contribution in [0.2, 0.25) is 0 Å². The van der Waals surface area contributed by atoms with E-state index in [1.165, 1.54) is 27.3 Å². The largest absolute Gasteiger partial charge is 0.456 e. The minimum Gasteiger partial charge on any atom is -0.456 e. The first kappa shape index (κ1) is 18.2. The van der Waals surface area contributed by atoms with Crippen LogP contribution in [-0.4, -0.2) is 4.98 Å². The number of aromatic nitrogens is 1. The molecule has 0 saturated carbocycles. The van der Waals surface area contributed by atoms with Gasteiger partial charge in [0.15, 0.2) is 0 Å². The van der Waals surface area contributed by atoms with Gasteiger partial charge in [-0.05, 0) is 57.7 Å². The average molecular weight is 382 g/mol. The van der Waals surface area contributed by atoms with Crippen molar-refractivity contribution in [1.82, 2.24) is 4.98 Å². The molecule has 0 saturated heterocycles. The van der Waals surface area contributed by atoms with Crippen LogP contribution >= 0.6 is 0 Å². The third-order valence-electron chi connectivity index (χ3n) is 5.79. The van der Waals surface area contributed by atoms with Crippen molar-refractivity contribution in [2.45, 2.75) is 47.0 Å². The summed E-state index contributed by atoms with van der Waals surface area (Å²) in [6.45, 7) is 11.3. The maximum absolute atomic E-state index is 6.69. The molecule has 0 spiro atoms. The molecule has 1 aliphatic rings. The summed E-state index contributed by atoms with van der Waals surface area (Å²) in [7, 11) is 0. The molecule has 1 aromatic heterocycles. The lowest BCUT2D eigenvalue weighted by Crippen LogP contribution is -2.12. The average Bonchev–Trinajstić information content (AvgIpc) is 2.67. The monoisotopic (exact) mass is 381 g/mol. The summed E-state index contributed by atoms with van der Waals surface area (Å²) in [6, 6.07) is 17.5. The van der Waals surface area contributed by atoms with Crippen LogP contribution < -0.4 is 4.74 Å². The lowest BCUT2D eigenvalue weighted by Gasteiger charge is -2.28. The third-order valence-corrected chi connectivity index (χ3v) is 5.79. The molecule has 29 heavy (non-hydrogen) atoms. The summed E-state index contributed by atoms with van der Waals surface area (Å²) in [5.41, 5.74) is 4.88. The minimum absolute atomic E-state index is 0.154. The molecular weight excluding hydrogens is 354 g/mol. The number of nitrogens with zero attached hydrogens (tertiary/aromatic N) is 1. The second-order valence-electron chi connectivity index (χ2n) is 9.72. The number of rotatable bonds is 2. The highest BCUT2D eigenvalue weighted by Crippen LogP contribution is 2.50. The molecule has 2 heterocycles. The Morgan fingerprint density at radius 3 is 2.52 bits per heavy atom. The lowest BCUT2D eigenvalue weighted by molar-refractivity contribution is 0.400. The summed E-state index contributed by atoms with van der Waals surface area (Å²) in [4.78, 5) is 4.82. The zero-order valence-electron chi connectivity index (χ0n) is 17.8. The van der Waals surface area contributed by atoms with E-state index in [-0.39, 0.29) is 5.41 Å². The van der Waals surface area contributed by atoms with Gasteiger partial charge in [0.2, 0.25) is 0 Å². The van der Waals surface area contributed by atoms with E-state index in [1.807, 2.05) is 6.20 Å². The summed E-state index contributed by atoms with van der Waals surface area (Å²) in [6.07, 6.45) is 2.88. The van der Waals surface area contributed by atoms with Crippen molar-refractivity contribution >= 4 is 21.5 Å². The first-order valence-electron chi connectivity index (χ1n) is 10.5. The van der Waals surface area contributed by atoms with Crippen molar-refractivity contribution in [3.05, 3.63) is 65.9 Å². The predicted molar refractivity (Wildman–Crippen MR) is 122 cm³/mol. The van der Waals surface area contributed by atoms with E-state index in [1.54, 1.807) is 0 Å². The van der Waals surface area contributed by atoms with Gasteiger partial charge in [-0.2, -0.15) is 0 Å². The molecule has 4 aromatic rings. The molecule has 0 bridgehead atoms. The lowest BCUT2D eigenvalue weighted by atomic mass is 9.83. The zero-order chi connectivity index (χ0) is 20.3. The highest BCUT2D eigenvalue weighted by molar-refractivity contribution is 6.06. The smallest absolute Gasteiger partial charge is 0.140 e. The Bertz CT molecular complexity index is 1260. The first-order valence-corrected chi connectivity index (χ1v) is 10.5. The SMILES string of the molecule is CC(C)c1cc2c3c(nccc3c1)-c1cc3ccccc3c(CC(C)(C)C)c1O2. The summed E-state index contributed by atoms with van der Waals surface area (Å²) in [5, 5.41) is 4.85. The van der Waals surface area contributed by atoms with E-state index < -0.39 is 0 Å². The minimum atomic E-state index is 0.154. The van der Waals surface area contributed by atoms with Crippen molar-refractivity contribution in [3.8, 4) is 22.8 Å². The van der Waals surface area contributed by atoms with Gasteiger partial charge in [0.1, 0.15) is 11.5 Å². The normalized spacial score (nSPS) is 13.0. The molecule has 0 aliphatic carbocycles. The number of hydrogen-bond donors (Lipinski definition) is 0. The van der Waals surface area contributed by atoms with Gasteiger partial charge in [0.05, 0.1) is 11.1 Å². The molecule has 0 atom stereocenters. The molecule has 146 valence electrons. The van der Waals surface area contributed by atoms with Crippen LogP contribution in [-0.2, 0) is 6.42 Å². The third kappa shape index (κ3) is 2.98. The fraction of sp³-hybridized carbons (Fsp3) is 0.296. The van der Waals surface area contributed by atoms with Gasteiger partial charge in [-0.15, -0.1) is 0 Å². The Morgan fingerprint density at radius 1 is 0.966 bits per heavy atom. The number of pyridine rings is 1. The van der Waals surface area contributed by atoms with E-state index in [0.29, 0.717) is 5.92 Å². The number of benzene rings is 3. The Morgan fingerprint density at radius 2 is 1.76 bits per heavy atom. The van der Waals surface area contributed by atoms with Gasteiger partial charge in [-0.3, -0.25) is 4.98 Å². The Kier molecular flexibility index (Phi) is 3.96. The van der Waals surface area contributed by atoms with E-state index in [2.05, 4.69) is 83.1 Å². The van der Waals surface area contributed by atoms with E-state index in [4.69, 9.17) is 9.72 Å². The highest BCUT2D eigenvalue weighted by Gasteiger charge is 2.28. The highest BCUT2D eigenvalue weighted by atomic mass is 16.5. The van der Waals surface area contributed by atoms with E-state index in [0.717, 1.165) is 34.6 Å². The Balaban J connectivity index is 1.87. The molecule has 3 aromatic carbocycles. The van der Waals surface area contributed by atoms with Crippen LogP contribution in [0.3, 0.4) is 0 Å². The maximum atomic E-state index is 6.69. The molecular formula is C27H27NO. The van der Waals surface area contributed by atoms with E-state index >= 15 is 0 Å². The molecule has 0 N–H and O–H groups in total. The zero-order valence-corrected chi connectivity index (χ0v) is 17.8. The van der Waals surface area contributed by atoms with Crippen LogP contribution in [0.1, 0.15) is 51.7 Å². The van der Waals surface area contributed by atoms with Crippen LogP contribution in [0.25, 0.3) is 32.8 Å². The molecule has 0 radical (unpaired) electrons. The molecule has 2 nitrogen and oxygen atoms in total. The quantitative estimate of drug-likeness (QED) is 0.310. The number of hydrogen-bond acceptors (Lipinski definition) is 2. The van der Waals surface area contributed by atoms with Gasteiger partial charge in [0, 0.05) is 17.3 Å². The van der Waals surface area contributed by atoms with E-state index in [9.17, 15) is 0 Å². The first-order chi connectivity index (χ1) is 13.8. The van der Waals surface area contributed by atoms with Crippen LogP contribution in [0.5, 0.6) is 11.5 Å². The van der Waals surface area contributed by atoms with Crippen molar-refractivity contribution in [2.24, 2.45) is 5.41 Å². The van der Waals surface area contributed by atoms with Crippen molar-refractivity contribution < 1.29 is 4.74 Å². The molecule has 5 rings (SSSR count). The van der Waals surface area contributed by atoms with Crippen molar-refractivity contribution in [1.29, 1.82) is 0 Å². The molecule has 0 unspecified atom stereocenters. The summed E-state index contributed by atoms with van der Waals surface area (Å²) >= 11 is 0. The summed E-state index contributed by atoms with van der Waals surface area (Å²) < 4.78 is 6.69. The molecule has 1 aliphatic heterocycles. The van der Waals surface area contributed by atoms with Gasteiger partial charge >= 0.3 is 0 Å². The van der Waals surface area contributed by atoms with Crippen LogP contribution in [0, 0.1) is 5.41 Å². The number of fused-ring (bicyclic) bond motifs is 3. The van der Waals surface area contributed by atoms with Gasteiger partial charge in [-0.1, -0.05) is 65.0 Å². The van der Waals surface area contributed by atoms with Crippen LogP contribution in [0.4, 0.5) is 0 Å². The topological polar surface area (TPSA) is 22.1 Å².